The monoisotopic (exact) mass is 527 g/mol. The van der Waals surface area contributed by atoms with Crippen molar-refractivity contribution in [3.05, 3.63) is 56.7 Å². The smallest absolute Gasteiger partial charge is 0.338 e. The second-order valence-corrected chi connectivity index (χ2v) is 8.26. The van der Waals surface area contributed by atoms with E-state index in [1.807, 2.05) is 0 Å². The number of aromatic amines is 1. The summed E-state index contributed by atoms with van der Waals surface area (Å²) in [5.41, 5.74) is -2.10. The first kappa shape index (κ1) is 26.3. The van der Waals surface area contributed by atoms with Crippen molar-refractivity contribution >= 4 is 35.0 Å². The van der Waals surface area contributed by atoms with Crippen LogP contribution in [0.3, 0.4) is 0 Å². The lowest BCUT2D eigenvalue weighted by molar-refractivity contribution is -0.154. The number of nitrogens with zero attached hydrogens (tertiary/aromatic N) is 3. The summed E-state index contributed by atoms with van der Waals surface area (Å²) in [6, 6.07) is 7.95. The minimum Gasteiger partial charge on any atom is -0.459 e. The number of esters is 2. The van der Waals surface area contributed by atoms with Gasteiger partial charge in [-0.2, -0.15) is 4.98 Å². The van der Waals surface area contributed by atoms with Crippen LogP contribution in [0.15, 0.2) is 39.9 Å². The van der Waals surface area contributed by atoms with Crippen LogP contribution in [-0.2, 0) is 30.3 Å². The molecule has 3 aromatic rings. The van der Waals surface area contributed by atoms with Gasteiger partial charge in [-0.25, -0.2) is 18.5 Å². The number of imidazole rings is 1. The van der Waals surface area contributed by atoms with Gasteiger partial charge in [0.1, 0.15) is 12.7 Å². The van der Waals surface area contributed by atoms with E-state index in [4.69, 9.17) is 20.6 Å². The van der Waals surface area contributed by atoms with E-state index in [0.717, 1.165) is 16.1 Å². The van der Waals surface area contributed by atoms with Gasteiger partial charge < -0.3 is 14.2 Å². The fourth-order valence-corrected chi connectivity index (χ4v) is 4.05. The first-order valence-electron chi connectivity index (χ1n) is 11.3. The highest BCUT2D eigenvalue weighted by molar-refractivity contribution is 5.89. The number of hydrogen-bond acceptors (Lipinski definition) is 9. The Balaban J connectivity index is 1.76. The quantitative estimate of drug-likeness (QED) is 0.329. The Morgan fingerprint density at radius 3 is 2.58 bits per heavy atom. The molecule has 38 heavy (non-hydrogen) atoms. The zero-order valence-electron chi connectivity index (χ0n) is 20.2. The summed E-state index contributed by atoms with van der Waals surface area (Å²) in [6.45, 7) is 1.28. The number of nitrogens with one attached hydrogen (secondary N) is 2. The number of carbonyl (C=O) groups is 3. The highest BCUT2D eigenvalue weighted by Crippen LogP contribution is 2.35. The summed E-state index contributed by atoms with van der Waals surface area (Å²) >= 11 is 0. The van der Waals surface area contributed by atoms with Crippen LogP contribution < -0.4 is 16.6 Å². The molecule has 2 aromatic heterocycles. The largest absolute Gasteiger partial charge is 0.459 e. The minimum atomic E-state index is -2.04. The maximum absolute atomic E-state index is 15.5. The van der Waals surface area contributed by atoms with Gasteiger partial charge in [0.05, 0.1) is 12.1 Å². The van der Waals surface area contributed by atoms with E-state index in [1.165, 1.54) is 19.1 Å². The summed E-state index contributed by atoms with van der Waals surface area (Å²) in [6.07, 6.45) is -1.43. The number of fused-ring (bicyclic) bond motifs is 1. The number of anilines is 1. The molecule has 1 saturated heterocycles. The normalized spacial score (nSPS) is 20.6. The van der Waals surface area contributed by atoms with Crippen LogP contribution in [0, 0.1) is 12.3 Å². The lowest BCUT2D eigenvalue weighted by atomic mass is 10.1. The molecule has 3 heterocycles. The second kappa shape index (κ2) is 10.7. The fraction of sp³-hybridized carbons (Fsp3) is 0.333. The van der Waals surface area contributed by atoms with E-state index < -0.39 is 60.3 Å². The molecule has 0 aliphatic carbocycles. The number of benzene rings is 1. The van der Waals surface area contributed by atoms with Crippen LogP contribution in [0.2, 0.25) is 0 Å². The number of aromatic nitrogens is 4. The predicted molar refractivity (Wildman–Crippen MR) is 129 cm³/mol. The molecule has 1 amide bonds. The standard InChI is InChI=1S/C24H22FN5O8/c1-4-10-29-17-19(27-23(26-12(2)31)28-20(17)33)30(24(29)35)21-18(37-13(3)32)16(25)15(38-21)11-36-22(34)14-8-6-5-7-9-14/h1,5-9,15-16,18,21H,10-11H2,2-3H3,(H2,26,27,28,31,33)/t15-,16-,18-,21-/m1/s1. The Kier molecular flexibility index (Phi) is 7.40. The highest BCUT2D eigenvalue weighted by atomic mass is 19.1. The molecule has 1 fully saturated rings. The van der Waals surface area contributed by atoms with Gasteiger partial charge in [-0.1, -0.05) is 24.1 Å². The van der Waals surface area contributed by atoms with E-state index in [-0.39, 0.29) is 29.2 Å². The number of rotatable bonds is 7. The summed E-state index contributed by atoms with van der Waals surface area (Å²) in [4.78, 5) is 68.3. The molecule has 13 nitrogen and oxygen atoms in total. The van der Waals surface area contributed by atoms with Crippen LogP contribution in [0.25, 0.3) is 11.2 Å². The Hall–Kier alpha value is -4.77. The summed E-state index contributed by atoms with van der Waals surface area (Å²) in [7, 11) is 0. The van der Waals surface area contributed by atoms with Gasteiger partial charge in [0, 0.05) is 13.8 Å². The number of amides is 1. The molecule has 0 radical (unpaired) electrons. The molecule has 0 unspecified atom stereocenters. The summed E-state index contributed by atoms with van der Waals surface area (Å²) in [5, 5.41) is 2.30. The second-order valence-electron chi connectivity index (χ2n) is 8.26. The summed E-state index contributed by atoms with van der Waals surface area (Å²) in [5.74, 6) is -0.240. The van der Waals surface area contributed by atoms with Crippen LogP contribution >= 0.6 is 0 Å². The van der Waals surface area contributed by atoms with Crippen LogP contribution in [0.5, 0.6) is 0 Å². The third kappa shape index (κ3) is 5.04. The maximum Gasteiger partial charge on any atom is 0.338 e. The van der Waals surface area contributed by atoms with Crippen molar-refractivity contribution < 1.29 is 33.0 Å². The lowest BCUT2D eigenvalue weighted by Gasteiger charge is -2.19. The molecule has 0 saturated carbocycles. The molecular formula is C24H22FN5O8. The molecule has 0 spiro atoms. The van der Waals surface area contributed by atoms with Crippen molar-refractivity contribution in [2.24, 2.45) is 0 Å². The fourth-order valence-electron chi connectivity index (χ4n) is 4.05. The van der Waals surface area contributed by atoms with E-state index in [9.17, 15) is 24.0 Å². The first-order chi connectivity index (χ1) is 18.1. The molecule has 1 aliphatic rings. The Bertz CT molecular complexity index is 1550. The lowest BCUT2D eigenvalue weighted by Crippen LogP contribution is -2.37. The molecule has 0 bridgehead atoms. The first-order valence-corrected chi connectivity index (χ1v) is 11.3. The van der Waals surface area contributed by atoms with Crippen molar-refractivity contribution in [3.63, 3.8) is 0 Å². The van der Waals surface area contributed by atoms with Crippen molar-refractivity contribution in [2.75, 3.05) is 11.9 Å². The van der Waals surface area contributed by atoms with Gasteiger partial charge in [0.15, 0.2) is 29.7 Å². The van der Waals surface area contributed by atoms with Crippen molar-refractivity contribution in [3.8, 4) is 12.3 Å². The SMILES string of the molecule is C#CCn1c(=O)n([C@@H]2O[C@H](COC(=O)c3ccccc3)[C@@H](F)[C@H]2OC(C)=O)c2nc(NC(C)=O)[nH]c(=O)c21. The zero-order chi connectivity index (χ0) is 27.6. The molecule has 14 heteroatoms. The topological polar surface area (TPSA) is 164 Å². The Morgan fingerprint density at radius 1 is 1.24 bits per heavy atom. The van der Waals surface area contributed by atoms with Gasteiger partial charge in [0.25, 0.3) is 5.56 Å². The predicted octanol–water partition coefficient (Wildman–Crippen LogP) is 0.502. The number of ether oxygens (including phenoxy) is 3. The van der Waals surface area contributed by atoms with Crippen molar-refractivity contribution in [1.29, 1.82) is 0 Å². The van der Waals surface area contributed by atoms with E-state index in [0.29, 0.717) is 0 Å². The van der Waals surface area contributed by atoms with Gasteiger partial charge in [0.2, 0.25) is 11.9 Å². The average molecular weight is 527 g/mol. The number of H-pyrrole nitrogens is 1. The zero-order valence-corrected chi connectivity index (χ0v) is 20.2. The Morgan fingerprint density at radius 2 is 1.95 bits per heavy atom. The molecular weight excluding hydrogens is 505 g/mol. The van der Waals surface area contributed by atoms with Crippen LogP contribution in [0.4, 0.5) is 10.3 Å². The van der Waals surface area contributed by atoms with Gasteiger partial charge in [-0.3, -0.25) is 29.3 Å². The van der Waals surface area contributed by atoms with Gasteiger partial charge in [-0.15, -0.1) is 6.42 Å². The van der Waals surface area contributed by atoms with Gasteiger partial charge >= 0.3 is 17.6 Å². The van der Waals surface area contributed by atoms with Crippen molar-refractivity contribution in [1.82, 2.24) is 19.1 Å². The number of alkyl halides is 1. The van der Waals surface area contributed by atoms with E-state index in [2.05, 4.69) is 21.2 Å². The summed E-state index contributed by atoms with van der Waals surface area (Å²) < 4.78 is 33.3. The van der Waals surface area contributed by atoms with Crippen molar-refractivity contribution in [2.45, 2.75) is 45.0 Å². The van der Waals surface area contributed by atoms with E-state index in [1.54, 1.807) is 18.2 Å². The molecule has 4 rings (SSSR count). The molecule has 4 atom stereocenters. The highest BCUT2D eigenvalue weighted by Gasteiger charge is 2.50. The average Bonchev–Trinajstić information content (AvgIpc) is 3.30. The number of hydrogen-bond donors (Lipinski definition) is 2. The van der Waals surface area contributed by atoms with E-state index >= 15 is 4.39 Å². The maximum atomic E-state index is 15.5. The van der Waals surface area contributed by atoms with Crippen LogP contribution in [0.1, 0.15) is 30.4 Å². The minimum absolute atomic E-state index is 0.219. The molecule has 1 aromatic carbocycles. The molecule has 198 valence electrons. The molecule has 1 aliphatic heterocycles. The number of carbonyl (C=O) groups excluding carboxylic acids is 3. The molecule has 2 N–H and O–H groups in total. The van der Waals surface area contributed by atoms with Gasteiger partial charge in [-0.05, 0) is 12.1 Å². The number of halogens is 1. The third-order valence-corrected chi connectivity index (χ3v) is 5.56. The third-order valence-electron chi connectivity index (χ3n) is 5.56. The van der Waals surface area contributed by atoms with Crippen LogP contribution in [-0.4, -0.2) is 61.9 Å². The Labute approximate surface area is 213 Å². The number of terminal acetylenes is 1.